The van der Waals surface area contributed by atoms with Crippen molar-refractivity contribution in [3.05, 3.63) is 16.1 Å². The summed E-state index contributed by atoms with van der Waals surface area (Å²) in [4.78, 5) is 4.58. The van der Waals surface area contributed by atoms with Crippen LogP contribution in [-0.4, -0.2) is 11.5 Å². The molecule has 0 saturated carbocycles. The first-order valence-corrected chi connectivity index (χ1v) is 6.06. The molecule has 1 unspecified atom stereocenters. The first-order valence-electron chi connectivity index (χ1n) is 5.18. The molecule has 0 aliphatic heterocycles. The summed E-state index contributed by atoms with van der Waals surface area (Å²) in [7, 11) is 0. The van der Waals surface area contributed by atoms with Gasteiger partial charge in [0.25, 0.3) is 0 Å². The molecular formula is C11H20N2S. The van der Waals surface area contributed by atoms with E-state index >= 15 is 0 Å². The van der Waals surface area contributed by atoms with Crippen LogP contribution in [0.4, 0.5) is 0 Å². The van der Waals surface area contributed by atoms with Crippen molar-refractivity contribution in [2.75, 3.05) is 6.54 Å². The van der Waals surface area contributed by atoms with E-state index in [0.29, 0.717) is 5.92 Å². The molecule has 0 amide bonds. The van der Waals surface area contributed by atoms with Gasteiger partial charge < -0.3 is 5.32 Å². The molecule has 0 fully saturated rings. The monoisotopic (exact) mass is 212 g/mol. The second-order valence-corrected chi connectivity index (χ2v) is 5.04. The van der Waals surface area contributed by atoms with Crippen molar-refractivity contribution in [2.24, 2.45) is 5.92 Å². The molecule has 2 nitrogen and oxygen atoms in total. The molecule has 14 heavy (non-hydrogen) atoms. The zero-order chi connectivity index (χ0) is 10.8. The summed E-state index contributed by atoms with van der Waals surface area (Å²) in [6, 6.07) is 0. The Kier molecular flexibility index (Phi) is 3.67. The van der Waals surface area contributed by atoms with Gasteiger partial charge in [-0.1, -0.05) is 20.8 Å². The summed E-state index contributed by atoms with van der Waals surface area (Å²) >= 11 is 1.75. The number of nitrogens with zero attached hydrogens (tertiary/aromatic N) is 1. The van der Waals surface area contributed by atoms with E-state index in [4.69, 9.17) is 0 Å². The van der Waals surface area contributed by atoms with E-state index in [0.717, 1.165) is 12.2 Å². The standard InChI is InChI=1S/C11H20N2S/c1-6-12-11(5,8(2)3)10-13-9(4)7-14-10/h7-8,12H,6H2,1-5H3. The van der Waals surface area contributed by atoms with Gasteiger partial charge in [-0.15, -0.1) is 11.3 Å². The third-order valence-corrected chi connectivity index (χ3v) is 3.96. The number of aromatic nitrogens is 1. The fourth-order valence-electron chi connectivity index (χ4n) is 1.49. The molecule has 1 heterocycles. The Hall–Kier alpha value is -0.410. The van der Waals surface area contributed by atoms with Crippen molar-refractivity contribution in [1.29, 1.82) is 0 Å². The number of nitrogens with one attached hydrogen (secondary N) is 1. The highest BCUT2D eigenvalue weighted by Crippen LogP contribution is 2.31. The lowest BCUT2D eigenvalue weighted by Gasteiger charge is -2.32. The average Bonchev–Trinajstić information content (AvgIpc) is 2.52. The normalized spacial score (nSPS) is 15.9. The van der Waals surface area contributed by atoms with Crippen molar-refractivity contribution in [1.82, 2.24) is 10.3 Å². The second-order valence-electron chi connectivity index (χ2n) is 4.18. The molecular weight excluding hydrogens is 192 g/mol. The molecule has 1 N–H and O–H groups in total. The lowest BCUT2D eigenvalue weighted by molar-refractivity contribution is 0.270. The lowest BCUT2D eigenvalue weighted by atomic mass is 9.89. The number of rotatable bonds is 4. The van der Waals surface area contributed by atoms with Crippen molar-refractivity contribution in [3.63, 3.8) is 0 Å². The molecule has 0 bridgehead atoms. The Morgan fingerprint density at radius 3 is 2.57 bits per heavy atom. The Bertz CT molecular complexity index is 293. The van der Waals surface area contributed by atoms with Crippen LogP contribution in [0.15, 0.2) is 5.38 Å². The molecule has 3 heteroatoms. The van der Waals surface area contributed by atoms with Gasteiger partial charge in [-0.05, 0) is 26.3 Å². The number of hydrogen-bond acceptors (Lipinski definition) is 3. The summed E-state index contributed by atoms with van der Waals surface area (Å²) < 4.78 is 0. The van der Waals surface area contributed by atoms with Gasteiger partial charge in [0.15, 0.2) is 0 Å². The first kappa shape index (κ1) is 11.7. The van der Waals surface area contributed by atoms with E-state index in [1.165, 1.54) is 5.01 Å². The highest BCUT2D eigenvalue weighted by atomic mass is 32.1. The minimum atomic E-state index is 0.0215. The van der Waals surface area contributed by atoms with Gasteiger partial charge in [0.1, 0.15) is 5.01 Å². The smallest absolute Gasteiger partial charge is 0.113 e. The van der Waals surface area contributed by atoms with E-state index < -0.39 is 0 Å². The van der Waals surface area contributed by atoms with Crippen LogP contribution >= 0.6 is 11.3 Å². The number of thiazole rings is 1. The van der Waals surface area contributed by atoms with Crippen LogP contribution < -0.4 is 5.32 Å². The third-order valence-electron chi connectivity index (χ3n) is 2.76. The molecule has 80 valence electrons. The topological polar surface area (TPSA) is 24.9 Å². The van der Waals surface area contributed by atoms with Gasteiger partial charge in [-0.2, -0.15) is 0 Å². The molecule has 1 atom stereocenters. The summed E-state index contributed by atoms with van der Waals surface area (Å²) in [6.45, 7) is 11.9. The fourth-order valence-corrected chi connectivity index (χ4v) is 2.57. The van der Waals surface area contributed by atoms with Gasteiger partial charge in [0, 0.05) is 11.1 Å². The van der Waals surface area contributed by atoms with Crippen LogP contribution in [0.2, 0.25) is 0 Å². The van der Waals surface area contributed by atoms with Crippen LogP contribution in [-0.2, 0) is 5.54 Å². The van der Waals surface area contributed by atoms with Crippen molar-refractivity contribution >= 4 is 11.3 Å². The number of hydrogen-bond donors (Lipinski definition) is 1. The van der Waals surface area contributed by atoms with Crippen LogP contribution in [0, 0.1) is 12.8 Å². The molecule has 0 aliphatic rings. The summed E-state index contributed by atoms with van der Waals surface area (Å²) in [5, 5.41) is 6.86. The number of aryl methyl sites for hydroxylation is 1. The third kappa shape index (κ3) is 2.15. The van der Waals surface area contributed by atoms with Crippen molar-refractivity contribution in [2.45, 2.75) is 40.2 Å². The molecule has 0 aliphatic carbocycles. The quantitative estimate of drug-likeness (QED) is 0.830. The van der Waals surface area contributed by atoms with E-state index in [1.54, 1.807) is 11.3 Å². The van der Waals surface area contributed by atoms with Crippen LogP contribution in [0.3, 0.4) is 0 Å². The maximum atomic E-state index is 4.58. The highest BCUT2D eigenvalue weighted by molar-refractivity contribution is 7.09. The molecule has 1 aromatic rings. The lowest BCUT2D eigenvalue weighted by Crippen LogP contribution is -2.43. The Morgan fingerprint density at radius 1 is 1.57 bits per heavy atom. The maximum absolute atomic E-state index is 4.58. The first-order chi connectivity index (χ1) is 6.50. The van der Waals surface area contributed by atoms with E-state index in [1.807, 2.05) is 6.92 Å². The molecule has 0 aromatic carbocycles. The zero-order valence-corrected chi connectivity index (χ0v) is 10.5. The van der Waals surface area contributed by atoms with Crippen molar-refractivity contribution < 1.29 is 0 Å². The van der Waals surface area contributed by atoms with Crippen LogP contribution in [0.25, 0.3) is 0 Å². The van der Waals surface area contributed by atoms with Gasteiger partial charge in [0.2, 0.25) is 0 Å². The predicted octanol–water partition coefficient (Wildman–Crippen LogP) is 2.93. The van der Waals surface area contributed by atoms with Gasteiger partial charge in [-0.3, -0.25) is 0 Å². The maximum Gasteiger partial charge on any atom is 0.113 e. The second kappa shape index (κ2) is 4.41. The Balaban J connectivity index is 2.98. The summed E-state index contributed by atoms with van der Waals surface area (Å²) in [5.74, 6) is 0.549. The van der Waals surface area contributed by atoms with Gasteiger partial charge in [0.05, 0.1) is 5.54 Å². The summed E-state index contributed by atoms with van der Waals surface area (Å²) in [5.41, 5.74) is 1.14. The zero-order valence-electron chi connectivity index (χ0n) is 9.72. The van der Waals surface area contributed by atoms with Crippen molar-refractivity contribution in [3.8, 4) is 0 Å². The molecule has 0 radical (unpaired) electrons. The molecule has 0 saturated heterocycles. The molecule has 1 rings (SSSR count). The largest absolute Gasteiger partial charge is 0.306 e. The van der Waals surface area contributed by atoms with E-state index in [9.17, 15) is 0 Å². The Morgan fingerprint density at radius 2 is 2.21 bits per heavy atom. The van der Waals surface area contributed by atoms with E-state index in [2.05, 4.69) is 43.4 Å². The SMILES string of the molecule is CCNC(C)(c1nc(C)cs1)C(C)C. The van der Waals surface area contributed by atoms with Crippen LogP contribution in [0.1, 0.15) is 38.4 Å². The fraction of sp³-hybridized carbons (Fsp3) is 0.727. The summed E-state index contributed by atoms with van der Waals surface area (Å²) in [6.07, 6.45) is 0. The predicted molar refractivity (Wildman–Crippen MR) is 62.7 cm³/mol. The van der Waals surface area contributed by atoms with Gasteiger partial charge in [-0.25, -0.2) is 4.98 Å². The van der Waals surface area contributed by atoms with Crippen LogP contribution in [0.5, 0.6) is 0 Å². The van der Waals surface area contributed by atoms with E-state index in [-0.39, 0.29) is 5.54 Å². The highest BCUT2D eigenvalue weighted by Gasteiger charge is 2.32. The minimum absolute atomic E-state index is 0.0215. The Labute approximate surface area is 90.8 Å². The average molecular weight is 212 g/mol. The molecule has 0 spiro atoms. The minimum Gasteiger partial charge on any atom is -0.306 e. The molecule has 1 aromatic heterocycles. The van der Waals surface area contributed by atoms with Gasteiger partial charge >= 0.3 is 0 Å².